The van der Waals surface area contributed by atoms with Gasteiger partial charge >= 0.3 is 12.1 Å². The molecule has 0 bridgehead atoms. The van der Waals surface area contributed by atoms with Crippen molar-refractivity contribution < 1.29 is 23.2 Å². The summed E-state index contributed by atoms with van der Waals surface area (Å²) in [6.45, 7) is 1.42. The van der Waals surface area contributed by atoms with Crippen LogP contribution in [0.25, 0.3) is 0 Å². The summed E-state index contributed by atoms with van der Waals surface area (Å²) in [5.74, 6) is -0.200. The number of aromatic nitrogens is 3. The lowest BCUT2D eigenvalue weighted by Gasteiger charge is -2.29. The molecule has 0 atom stereocenters. The summed E-state index contributed by atoms with van der Waals surface area (Å²) in [6.07, 6.45) is 1.71. The molecule has 3 aromatic rings. The summed E-state index contributed by atoms with van der Waals surface area (Å²) in [5, 5.41) is 9.52. The molecule has 11 nitrogen and oxygen atoms in total. The molecule has 1 aliphatic rings. The van der Waals surface area contributed by atoms with E-state index in [0.717, 1.165) is 12.5 Å². The summed E-state index contributed by atoms with van der Waals surface area (Å²) >= 11 is 0. The van der Waals surface area contributed by atoms with Gasteiger partial charge in [-0.1, -0.05) is 12.1 Å². The molecule has 2 N–H and O–H groups in total. The molecule has 1 aromatic carbocycles. The Morgan fingerprint density at radius 2 is 1.73 bits per heavy atom. The van der Waals surface area contributed by atoms with E-state index in [2.05, 4.69) is 20.7 Å². The van der Waals surface area contributed by atoms with Gasteiger partial charge in [-0.2, -0.15) is 13.9 Å². The number of nitrogens with zero attached hydrogens (tertiary/aromatic N) is 6. The normalized spacial score (nSPS) is 12.9. The molecule has 0 unspecified atom stereocenters. The van der Waals surface area contributed by atoms with Gasteiger partial charge in [0.05, 0.1) is 11.3 Å². The van der Waals surface area contributed by atoms with Crippen molar-refractivity contribution in [2.75, 3.05) is 45.0 Å². The van der Waals surface area contributed by atoms with Crippen molar-refractivity contribution in [1.82, 2.24) is 29.9 Å². The van der Waals surface area contributed by atoms with Gasteiger partial charge in [-0.05, 0) is 29.8 Å². The van der Waals surface area contributed by atoms with Crippen LogP contribution in [0.3, 0.4) is 0 Å². The van der Waals surface area contributed by atoms with E-state index in [-0.39, 0.29) is 37.1 Å². The highest BCUT2D eigenvalue weighted by molar-refractivity contribution is 5.95. The Hall–Kier alpha value is -4.55. The zero-order valence-corrected chi connectivity index (χ0v) is 23.0. The van der Waals surface area contributed by atoms with Crippen LogP contribution in [0.5, 0.6) is 0 Å². The predicted molar refractivity (Wildman–Crippen MR) is 145 cm³/mol. The van der Waals surface area contributed by atoms with Gasteiger partial charge in [-0.3, -0.25) is 9.59 Å². The Morgan fingerprint density at radius 1 is 1.02 bits per heavy atom. The predicted octanol–water partition coefficient (Wildman–Crippen LogP) is 3.14. The molecule has 0 radical (unpaired) electrons. The van der Waals surface area contributed by atoms with Gasteiger partial charge in [0.25, 0.3) is 11.8 Å². The number of rotatable bonds is 7. The van der Waals surface area contributed by atoms with Gasteiger partial charge in [0.15, 0.2) is 5.69 Å². The molecule has 0 saturated carbocycles. The van der Waals surface area contributed by atoms with Gasteiger partial charge in [0.1, 0.15) is 5.82 Å². The van der Waals surface area contributed by atoms with Crippen LogP contribution in [-0.2, 0) is 25.6 Å². The van der Waals surface area contributed by atoms with Crippen LogP contribution in [0, 0.1) is 0 Å². The fraction of sp³-hybridized carbons (Fsp3) is 0.370. The van der Waals surface area contributed by atoms with Gasteiger partial charge in [0, 0.05) is 78.6 Å². The lowest BCUT2D eigenvalue weighted by atomic mass is 10.0. The first kappa shape index (κ1) is 28.5. The second-order valence-electron chi connectivity index (χ2n) is 10.0. The number of nitrogens with one attached hydrogen (secondary N) is 2. The van der Waals surface area contributed by atoms with E-state index in [1.807, 2.05) is 4.90 Å². The van der Waals surface area contributed by atoms with Crippen molar-refractivity contribution in [3.63, 3.8) is 0 Å². The Labute approximate surface area is 230 Å². The SMILES string of the molecule is CN(C)C(=O)Nc1ccc(CNC(=O)c2nn(C(C)(F)F)c3c2CN(c2ccc(C(=O)N(C)C)cn2)CC3)cc1. The standard InChI is InChI=1S/C27H32F2N8O3/c1-27(28,29)37-21-12-13-36(22-11-8-18(15-30-22)25(39)34(2)3)16-20(21)23(33-37)24(38)31-14-17-6-9-19(10-7-17)32-26(40)35(4)5/h6-11,15H,12-14,16H2,1-5H3,(H,31,38)(H,32,40). The average molecular weight is 555 g/mol. The van der Waals surface area contributed by atoms with Crippen LogP contribution in [0.15, 0.2) is 42.6 Å². The molecule has 3 heterocycles. The number of alkyl halides is 2. The van der Waals surface area contributed by atoms with Gasteiger partial charge in [-0.25, -0.2) is 14.5 Å². The number of pyridine rings is 1. The fourth-order valence-electron chi connectivity index (χ4n) is 4.29. The van der Waals surface area contributed by atoms with Crippen molar-refractivity contribution in [3.05, 3.63) is 70.7 Å². The molecular formula is C27H32F2N8O3. The maximum atomic E-state index is 14.4. The molecule has 0 saturated heterocycles. The van der Waals surface area contributed by atoms with E-state index in [4.69, 9.17) is 0 Å². The summed E-state index contributed by atoms with van der Waals surface area (Å²) in [4.78, 5) is 46.3. The minimum atomic E-state index is -3.29. The highest BCUT2D eigenvalue weighted by atomic mass is 19.3. The topological polar surface area (TPSA) is 116 Å². The molecule has 0 fully saturated rings. The lowest BCUT2D eigenvalue weighted by Crippen LogP contribution is -2.34. The van der Waals surface area contributed by atoms with E-state index >= 15 is 0 Å². The first-order valence-corrected chi connectivity index (χ1v) is 12.6. The highest BCUT2D eigenvalue weighted by Gasteiger charge is 2.36. The quantitative estimate of drug-likeness (QED) is 0.464. The number of urea groups is 1. The van der Waals surface area contributed by atoms with Crippen LogP contribution in [-0.4, -0.2) is 77.1 Å². The Kier molecular flexibility index (Phi) is 8.03. The number of benzene rings is 1. The number of amides is 4. The second-order valence-corrected chi connectivity index (χ2v) is 10.0. The molecule has 4 amide bonds. The van der Waals surface area contributed by atoms with E-state index in [9.17, 15) is 23.2 Å². The van der Waals surface area contributed by atoms with Gasteiger partial charge in [0.2, 0.25) is 0 Å². The lowest BCUT2D eigenvalue weighted by molar-refractivity contribution is -0.0748. The molecule has 212 valence electrons. The molecule has 0 spiro atoms. The number of carbonyl (C=O) groups is 3. The highest BCUT2D eigenvalue weighted by Crippen LogP contribution is 2.31. The van der Waals surface area contributed by atoms with E-state index in [0.29, 0.717) is 39.6 Å². The third-order valence-corrected chi connectivity index (χ3v) is 6.43. The maximum absolute atomic E-state index is 14.4. The Balaban J connectivity index is 1.51. The molecule has 1 aliphatic heterocycles. The summed E-state index contributed by atoms with van der Waals surface area (Å²) in [7, 11) is 6.56. The minimum Gasteiger partial charge on any atom is -0.352 e. The smallest absolute Gasteiger partial charge is 0.341 e. The zero-order chi connectivity index (χ0) is 29.2. The van der Waals surface area contributed by atoms with E-state index in [1.165, 1.54) is 16.0 Å². The minimum absolute atomic E-state index is 0.0736. The number of hydrogen-bond acceptors (Lipinski definition) is 6. The Bertz CT molecular complexity index is 1400. The van der Waals surface area contributed by atoms with Crippen molar-refractivity contribution in [2.24, 2.45) is 0 Å². The number of carbonyl (C=O) groups excluding carboxylic acids is 3. The molecule has 13 heteroatoms. The van der Waals surface area contributed by atoms with Crippen molar-refractivity contribution in [3.8, 4) is 0 Å². The van der Waals surface area contributed by atoms with Crippen LogP contribution in [0.4, 0.5) is 25.1 Å². The number of fused-ring (bicyclic) bond motifs is 1. The molecule has 4 rings (SSSR count). The third kappa shape index (κ3) is 6.19. The average Bonchev–Trinajstić information content (AvgIpc) is 3.32. The number of anilines is 2. The summed E-state index contributed by atoms with van der Waals surface area (Å²) in [5.41, 5.74) is 2.41. The van der Waals surface area contributed by atoms with Gasteiger partial charge in [-0.15, -0.1) is 0 Å². The van der Waals surface area contributed by atoms with Crippen LogP contribution in [0.2, 0.25) is 0 Å². The van der Waals surface area contributed by atoms with Crippen LogP contribution < -0.4 is 15.5 Å². The van der Waals surface area contributed by atoms with E-state index < -0.39 is 12.0 Å². The van der Waals surface area contributed by atoms with Crippen LogP contribution in [0.1, 0.15) is 44.6 Å². The molecule has 2 aromatic heterocycles. The monoisotopic (exact) mass is 554 g/mol. The third-order valence-electron chi connectivity index (χ3n) is 6.43. The zero-order valence-electron chi connectivity index (χ0n) is 23.0. The number of hydrogen-bond donors (Lipinski definition) is 2. The summed E-state index contributed by atoms with van der Waals surface area (Å²) in [6, 6.07) is 6.72. The summed E-state index contributed by atoms with van der Waals surface area (Å²) < 4.78 is 29.5. The first-order valence-electron chi connectivity index (χ1n) is 12.6. The molecule has 0 aliphatic carbocycles. The first-order chi connectivity index (χ1) is 18.8. The van der Waals surface area contributed by atoms with Gasteiger partial charge < -0.3 is 25.3 Å². The van der Waals surface area contributed by atoms with Crippen molar-refractivity contribution in [2.45, 2.75) is 32.5 Å². The fourth-order valence-corrected chi connectivity index (χ4v) is 4.29. The van der Waals surface area contributed by atoms with Crippen LogP contribution >= 0.6 is 0 Å². The molecular weight excluding hydrogens is 522 g/mol. The van der Waals surface area contributed by atoms with E-state index in [1.54, 1.807) is 64.6 Å². The second kappa shape index (κ2) is 11.3. The largest absolute Gasteiger partial charge is 0.352 e. The number of halogens is 2. The Morgan fingerprint density at radius 3 is 2.30 bits per heavy atom. The van der Waals surface area contributed by atoms with Crippen molar-refractivity contribution >= 4 is 29.4 Å². The molecule has 40 heavy (non-hydrogen) atoms. The maximum Gasteiger partial charge on any atom is 0.341 e. The van der Waals surface area contributed by atoms with Crippen molar-refractivity contribution in [1.29, 1.82) is 0 Å².